The van der Waals surface area contributed by atoms with E-state index in [-0.39, 0.29) is 5.56 Å². The minimum atomic E-state index is -0.772. The van der Waals surface area contributed by atoms with E-state index in [1.54, 1.807) is 24.3 Å². The Morgan fingerprint density at radius 3 is 2.67 bits per heavy atom. The summed E-state index contributed by atoms with van der Waals surface area (Å²) >= 11 is 10.5. The first-order chi connectivity index (χ1) is 14.2. The zero-order valence-electron chi connectivity index (χ0n) is 15.7. The van der Waals surface area contributed by atoms with Crippen LogP contribution in [0.25, 0.3) is 5.69 Å². The molecule has 0 spiro atoms. The molecule has 2 aromatic carbocycles. The number of rotatable bonds is 4. The van der Waals surface area contributed by atoms with Gasteiger partial charge in [-0.25, -0.2) is 9.36 Å². The molecule has 0 unspecified atom stereocenters. The maximum absolute atomic E-state index is 12.4. The predicted octanol–water partition coefficient (Wildman–Crippen LogP) is 4.59. The molecular formula is C20H14BrClN4O3S. The van der Waals surface area contributed by atoms with Gasteiger partial charge in [0.2, 0.25) is 5.88 Å². The van der Waals surface area contributed by atoms with Crippen molar-refractivity contribution < 1.29 is 5.11 Å². The Balaban J connectivity index is 2.11. The molecule has 0 aliphatic rings. The summed E-state index contributed by atoms with van der Waals surface area (Å²) in [5.74, 6) is -0.528. The molecule has 0 saturated heterocycles. The average Bonchev–Trinajstić information content (AvgIpc) is 2.69. The molecule has 0 atom stereocenters. The number of H-pyrrole nitrogens is 1. The lowest BCUT2D eigenvalue weighted by molar-refractivity contribution is 0.430. The molecule has 1 aromatic heterocycles. The molecule has 0 bridgehead atoms. The number of halogens is 2. The number of aromatic amines is 1. The monoisotopic (exact) mass is 504 g/mol. The van der Waals surface area contributed by atoms with E-state index < -0.39 is 17.1 Å². The average molecular weight is 506 g/mol. The number of nitriles is 1. The van der Waals surface area contributed by atoms with Crippen molar-refractivity contribution in [1.29, 1.82) is 5.26 Å². The predicted molar refractivity (Wildman–Crippen MR) is 122 cm³/mol. The number of nitrogens with one attached hydrogen (secondary N) is 1. The van der Waals surface area contributed by atoms with E-state index in [0.717, 1.165) is 38.1 Å². The summed E-state index contributed by atoms with van der Waals surface area (Å²) in [4.78, 5) is 31.7. The van der Waals surface area contributed by atoms with Crippen LogP contribution in [0.15, 0.2) is 54.3 Å². The van der Waals surface area contributed by atoms with Gasteiger partial charge in [0.15, 0.2) is 0 Å². The van der Waals surface area contributed by atoms with Crippen LogP contribution >= 0.6 is 39.3 Å². The fourth-order valence-corrected chi connectivity index (χ4v) is 3.85. The zero-order valence-corrected chi connectivity index (χ0v) is 18.9. The Morgan fingerprint density at radius 2 is 2.00 bits per heavy atom. The SMILES string of the molecule is Cc1c(Br)ccc(-n2c(O)c(C=Nc3ccc(SC#N)c(Cl)c3)c(=O)[nH]c2=O)c1C. The second kappa shape index (κ2) is 8.92. The van der Waals surface area contributed by atoms with Crippen LogP contribution in [0.2, 0.25) is 5.02 Å². The van der Waals surface area contributed by atoms with Gasteiger partial charge < -0.3 is 5.11 Å². The molecule has 30 heavy (non-hydrogen) atoms. The molecule has 0 radical (unpaired) electrons. The number of thiocyanates is 1. The molecule has 10 heteroatoms. The summed E-state index contributed by atoms with van der Waals surface area (Å²) in [5.41, 5.74) is 0.784. The van der Waals surface area contributed by atoms with Gasteiger partial charge in [-0.3, -0.25) is 14.8 Å². The number of hydrogen-bond acceptors (Lipinski definition) is 6. The van der Waals surface area contributed by atoms with E-state index in [1.807, 2.05) is 19.2 Å². The minimum Gasteiger partial charge on any atom is -0.493 e. The van der Waals surface area contributed by atoms with Gasteiger partial charge in [-0.2, -0.15) is 5.26 Å². The number of aromatic nitrogens is 2. The zero-order chi connectivity index (χ0) is 22.0. The summed E-state index contributed by atoms with van der Waals surface area (Å²) in [6, 6.07) is 8.19. The van der Waals surface area contributed by atoms with Crippen molar-refractivity contribution in [2.24, 2.45) is 4.99 Å². The Morgan fingerprint density at radius 1 is 1.27 bits per heavy atom. The van der Waals surface area contributed by atoms with Crippen LogP contribution in [-0.4, -0.2) is 20.9 Å². The van der Waals surface area contributed by atoms with Crippen LogP contribution in [0.3, 0.4) is 0 Å². The first-order valence-electron chi connectivity index (χ1n) is 8.48. The van der Waals surface area contributed by atoms with E-state index in [0.29, 0.717) is 21.3 Å². The Hall–Kier alpha value is -2.80. The topological polar surface area (TPSA) is 111 Å². The Bertz CT molecular complexity index is 1340. The smallest absolute Gasteiger partial charge is 0.335 e. The molecule has 0 amide bonds. The highest BCUT2D eigenvalue weighted by atomic mass is 79.9. The second-order valence-corrected chi connectivity index (χ2v) is 8.30. The molecular weight excluding hydrogens is 492 g/mol. The number of thioether (sulfide) groups is 1. The van der Waals surface area contributed by atoms with Gasteiger partial charge in [-0.05, 0) is 67.1 Å². The van der Waals surface area contributed by atoms with Crippen LogP contribution < -0.4 is 11.2 Å². The van der Waals surface area contributed by atoms with Crippen molar-refractivity contribution in [3.8, 4) is 17.0 Å². The normalized spacial score (nSPS) is 11.0. The first-order valence-corrected chi connectivity index (χ1v) is 10.5. The molecule has 3 aromatic rings. The molecule has 0 fully saturated rings. The fraction of sp³-hybridized carbons (Fsp3) is 0.100. The minimum absolute atomic E-state index is 0.179. The van der Waals surface area contributed by atoms with Crippen LogP contribution in [0.1, 0.15) is 16.7 Å². The molecule has 7 nitrogen and oxygen atoms in total. The molecule has 0 aliphatic carbocycles. The molecule has 1 heterocycles. The van der Waals surface area contributed by atoms with Crippen molar-refractivity contribution in [2.45, 2.75) is 18.7 Å². The van der Waals surface area contributed by atoms with Gasteiger partial charge in [0.25, 0.3) is 5.56 Å². The molecule has 0 saturated carbocycles. The highest BCUT2D eigenvalue weighted by Crippen LogP contribution is 2.30. The van der Waals surface area contributed by atoms with Crippen LogP contribution in [0.5, 0.6) is 5.88 Å². The van der Waals surface area contributed by atoms with Crippen molar-refractivity contribution in [2.75, 3.05) is 0 Å². The van der Waals surface area contributed by atoms with Crippen molar-refractivity contribution in [3.05, 3.63) is 77.4 Å². The van der Waals surface area contributed by atoms with Crippen LogP contribution in [0.4, 0.5) is 5.69 Å². The third-order valence-corrected chi connectivity index (χ3v) is 6.42. The molecule has 152 valence electrons. The van der Waals surface area contributed by atoms with Gasteiger partial charge in [-0.1, -0.05) is 27.5 Å². The molecule has 2 N–H and O–H groups in total. The van der Waals surface area contributed by atoms with E-state index >= 15 is 0 Å². The Kier molecular flexibility index (Phi) is 6.51. The van der Waals surface area contributed by atoms with E-state index in [1.165, 1.54) is 6.07 Å². The van der Waals surface area contributed by atoms with Gasteiger partial charge in [0, 0.05) is 15.6 Å². The third-order valence-electron chi connectivity index (χ3n) is 4.47. The first kappa shape index (κ1) is 21.9. The summed E-state index contributed by atoms with van der Waals surface area (Å²) in [7, 11) is 0. The van der Waals surface area contributed by atoms with Gasteiger partial charge in [0.1, 0.15) is 11.0 Å². The highest BCUT2D eigenvalue weighted by Gasteiger charge is 2.17. The lowest BCUT2D eigenvalue weighted by Crippen LogP contribution is -2.31. The summed E-state index contributed by atoms with van der Waals surface area (Å²) < 4.78 is 1.88. The maximum Gasteiger partial charge on any atom is 0.335 e. The van der Waals surface area contributed by atoms with Crippen molar-refractivity contribution in [1.82, 2.24) is 9.55 Å². The molecule has 0 aliphatic heterocycles. The van der Waals surface area contributed by atoms with Gasteiger partial charge in [0.05, 0.1) is 16.4 Å². The van der Waals surface area contributed by atoms with Crippen molar-refractivity contribution in [3.63, 3.8) is 0 Å². The fourth-order valence-electron chi connectivity index (χ4n) is 2.74. The van der Waals surface area contributed by atoms with Crippen molar-refractivity contribution >= 4 is 51.2 Å². The lowest BCUT2D eigenvalue weighted by atomic mass is 10.1. The highest BCUT2D eigenvalue weighted by molar-refractivity contribution is 9.10. The van der Waals surface area contributed by atoms with Crippen LogP contribution in [0, 0.1) is 24.5 Å². The van der Waals surface area contributed by atoms with Gasteiger partial charge >= 0.3 is 5.69 Å². The number of nitrogens with zero attached hydrogens (tertiary/aromatic N) is 3. The van der Waals surface area contributed by atoms with E-state index in [4.69, 9.17) is 16.9 Å². The van der Waals surface area contributed by atoms with Gasteiger partial charge in [-0.15, -0.1) is 0 Å². The number of aliphatic imine (C=N–C) groups is 1. The van der Waals surface area contributed by atoms with Crippen LogP contribution in [-0.2, 0) is 0 Å². The second-order valence-electron chi connectivity index (χ2n) is 6.21. The lowest BCUT2D eigenvalue weighted by Gasteiger charge is -2.14. The standard InChI is InChI=1S/C20H14BrClN4O3S/c1-10-11(2)16(5-4-14(10)21)26-19(28)13(18(27)25-20(26)29)8-24-12-3-6-17(30-9-23)15(22)7-12/h3-8,28H,1-2H3,(H,25,27,29). The Labute approximate surface area is 188 Å². The largest absolute Gasteiger partial charge is 0.493 e. The quantitative estimate of drug-likeness (QED) is 0.306. The van der Waals surface area contributed by atoms with E-state index in [9.17, 15) is 14.7 Å². The number of aromatic hydroxyl groups is 1. The molecule has 3 rings (SSSR count). The summed E-state index contributed by atoms with van der Waals surface area (Å²) in [5, 5.41) is 21.7. The summed E-state index contributed by atoms with van der Waals surface area (Å²) in [6.45, 7) is 3.68. The maximum atomic E-state index is 12.4. The number of benzene rings is 2. The number of hydrogen-bond donors (Lipinski definition) is 2. The summed E-state index contributed by atoms with van der Waals surface area (Å²) in [6.07, 6.45) is 1.16. The van der Waals surface area contributed by atoms with E-state index in [2.05, 4.69) is 25.9 Å². The third kappa shape index (κ3) is 4.21.